The second-order valence-corrected chi connectivity index (χ2v) is 10.5. The number of hydrogen-bond donors (Lipinski definition) is 1. The van der Waals surface area contributed by atoms with Gasteiger partial charge in [0, 0.05) is 25.7 Å². The van der Waals surface area contributed by atoms with Crippen LogP contribution in [0, 0.1) is 0 Å². The van der Waals surface area contributed by atoms with Gasteiger partial charge in [0.1, 0.15) is 0 Å². The predicted molar refractivity (Wildman–Crippen MR) is 137 cm³/mol. The number of nitrogens with zero attached hydrogens (tertiary/aromatic N) is 2. The van der Waals surface area contributed by atoms with E-state index in [1.165, 1.54) is 23.5 Å². The van der Waals surface area contributed by atoms with E-state index in [9.17, 15) is 18.0 Å². The van der Waals surface area contributed by atoms with Crippen LogP contribution in [0.2, 0.25) is 0 Å². The average molecular weight is 492 g/mol. The molecule has 1 heterocycles. The van der Waals surface area contributed by atoms with Crippen molar-refractivity contribution in [2.24, 2.45) is 0 Å². The van der Waals surface area contributed by atoms with Crippen LogP contribution >= 0.6 is 0 Å². The van der Waals surface area contributed by atoms with Gasteiger partial charge in [-0.25, -0.2) is 8.42 Å². The second kappa shape index (κ2) is 10.7. The van der Waals surface area contributed by atoms with Crippen molar-refractivity contribution in [1.29, 1.82) is 0 Å². The second-order valence-electron chi connectivity index (χ2n) is 8.54. The molecule has 4 rings (SSSR count). The summed E-state index contributed by atoms with van der Waals surface area (Å²) < 4.78 is 26.9. The summed E-state index contributed by atoms with van der Waals surface area (Å²) in [6, 6.07) is 21.5. The van der Waals surface area contributed by atoms with Crippen molar-refractivity contribution in [3.63, 3.8) is 0 Å². The first kappa shape index (κ1) is 24.5. The summed E-state index contributed by atoms with van der Waals surface area (Å²) >= 11 is 0. The molecule has 0 bridgehead atoms. The molecular weight excluding hydrogens is 462 g/mol. The van der Waals surface area contributed by atoms with Gasteiger partial charge in [-0.05, 0) is 61.4 Å². The van der Waals surface area contributed by atoms with Gasteiger partial charge in [-0.3, -0.25) is 13.9 Å². The van der Waals surface area contributed by atoms with E-state index in [1.54, 1.807) is 66.7 Å². The number of para-hydroxylation sites is 1. The van der Waals surface area contributed by atoms with E-state index in [-0.39, 0.29) is 16.7 Å². The van der Waals surface area contributed by atoms with E-state index >= 15 is 0 Å². The fourth-order valence-corrected chi connectivity index (χ4v) is 5.35. The van der Waals surface area contributed by atoms with Gasteiger partial charge >= 0.3 is 0 Å². The number of amides is 2. The first-order valence-electron chi connectivity index (χ1n) is 11.7. The number of likely N-dealkylation sites (tertiary alicyclic amines) is 1. The Labute approximate surface area is 206 Å². The normalized spacial score (nSPS) is 14.1. The molecule has 0 radical (unpaired) electrons. The van der Waals surface area contributed by atoms with Gasteiger partial charge in [0.15, 0.2) is 0 Å². The van der Waals surface area contributed by atoms with Crippen LogP contribution < -0.4 is 9.62 Å². The van der Waals surface area contributed by atoms with Crippen LogP contribution in [0.4, 0.5) is 11.4 Å². The minimum Gasteiger partial charge on any atom is -0.339 e. The summed E-state index contributed by atoms with van der Waals surface area (Å²) in [5.74, 6) is -0.452. The van der Waals surface area contributed by atoms with Crippen LogP contribution in [0.1, 0.15) is 46.4 Å². The van der Waals surface area contributed by atoms with Crippen LogP contribution in [-0.4, -0.2) is 45.3 Å². The molecule has 0 aromatic heterocycles. The average Bonchev–Trinajstić information content (AvgIpc) is 3.18. The highest BCUT2D eigenvalue weighted by Crippen LogP contribution is 2.24. The molecule has 1 fully saturated rings. The van der Waals surface area contributed by atoms with E-state index in [2.05, 4.69) is 5.32 Å². The predicted octanol–water partition coefficient (Wildman–Crippen LogP) is 4.78. The lowest BCUT2D eigenvalue weighted by Gasteiger charge is -2.22. The minimum absolute atomic E-state index is 0.0779. The molecule has 7 nitrogen and oxygen atoms in total. The molecule has 3 aromatic carbocycles. The van der Waals surface area contributed by atoms with E-state index in [4.69, 9.17) is 0 Å². The molecule has 0 saturated carbocycles. The lowest BCUT2D eigenvalue weighted by atomic mass is 10.1. The highest BCUT2D eigenvalue weighted by molar-refractivity contribution is 7.92. The number of sulfonamides is 1. The molecular formula is C27H29N3O4S. The Morgan fingerprint density at radius 2 is 1.40 bits per heavy atom. The van der Waals surface area contributed by atoms with Gasteiger partial charge < -0.3 is 10.2 Å². The summed E-state index contributed by atoms with van der Waals surface area (Å²) in [5.41, 5.74) is 1.71. The van der Waals surface area contributed by atoms with Crippen molar-refractivity contribution in [2.75, 3.05) is 29.8 Å². The van der Waals surface area contributed by atoms with Crippen molar-refractivity contribution in [3.05, 3.63) is 90.0 Å². The minimum atomic E-state index is -3.71. The number of carbonyl (C=O) groups excluding carboxylic acids is 2. The summed E-state index contributed by atoms with van der Waals surface area (Å²) in [6.07, 6.45) is 4.22. The first-order valence-corrected chi connectivity index (χ1v) is 13.2. The number of carbonyl (C=O) groups is 2. The van der Waals surface area contributed by atoms with Crippen LogP contribution in [0.3, 0.4) is 0 Å². The Kier molecular flexibility index (Phi) is 7.51. The molecule has 35 heavy (non-hydrogen) atoms. The van der Waals surface area contributed by atoms with Crippen LogP contribution in [0.15, 0.2) is 83.8 Å². The van der Waals surface area contributed by atoms with Gasteiger partial charge in [-0.2, -0.15) is 0 Å². The number of rotatable bonds is 6. The molecule has 1 N–H and O–H groups in total. The van der Waals surface area contributed by atoms with E-state index < -0.39 is 10.0 Å². The maximum absolute atomic E-state index is 13.1. The number of anilines is 2. The monoisotopic (exact) mass is 491 g/mol. The van der Waals surface area contributed by atoms with Gasteiger partial charge in [-0.1, -0.05) is 43.2 Å². The summed E-state index contributed by atoms with van der Waals surface area (Å²) in [5, 5.41) is 2.85. The molecule has 1 saturated heterocycles. The zero-order chi connectivity index (χ0) is 24.8. The largest absolute Gasteiger partial charge is 0.339 e. The molecule has 0 unspecified atom stereocenters. The third-order valence-corrected chi connectivity index (χ3v) is 7.99. The fourth-order valence-electron chi connectivity index (χ4n) is 4.13. The quantitative estimate of drug-likeness (QED) is 0.538. The maximum Gasteiger partial charge on any atom is 0.264 e. The molecule has 0 spiro atoms. The fraction of sp³-hybridized carbons (Fsp3) is 0.259. The molecule has 3 aromatic rings. The van der Waals surface area contributed by atoms with Gasteiger partial charge in [0.2, 0.25) is 0 Å². The Hall–Kier alpha value is -3.65. The standard InChI is InChI=1S/C27H29N3O4S/c1-29(35(33,34)23-11-5-4-6-12-23)22-17-15-21(16-18-22)26(31)28-25-14-8-7-13-24(25)27(32)30-19-9-2-3-10-20-30/h4-8,11-18H,2-3,9-10,19-20H2,1H3,(H,28,31). The summed E-state index contributed by atoms with van der Waals surface area (Å²) in [7, 11) is -2.24. The highest BCUT2D eigenvalue weighted by atomic mass is 32.2. The Bertz CT molecular complexity index is 1280. The molecule has 2 amide bonds. The van der Waals surface area contributed by atoms with E-state index in [0.29, 0.717) is 22.5 Å². The summed E-state index contributed by atoms with van der Waals surface area (Å²) in [6.45, 7) is 1.45. The maximum atomic E-state index is 13.1. The van der Waals surface area contributed by atoms with Crippen LogP contribution in [0.5, 0.6) is 0 Å². The van der Waals surface area contributed by atoms with Gasteiger partial charge in [0.25, 0.3) is 21.8 Å². The van der Waals surface area contributed by atoms with Gasteiger partial charge in [0.05, 0.1) is 21.8 Å². The SMILES string of the molecule is CN(c1ccc(C(=O)Nc2ccccc2C(=O)N2CCCCCC2)cc1)S(=O)(=O)c1ccccc1. The van der Waals surface area contributed by atoms with Crippen molar-refractivity contribution >= 4 is 33.2 Å². The van der Waals surface area contributed by atoms with E-state index in [1.807, 2.05) is 4.90 Å². The molecule has 8 heteroatoms. The van der Waals surface area contributed by atoms with Crippen molar-refractivity contribution < 1.29 is 18.0 Å². The number of nitrogens with one attached hydrogen (secondary N) is 1. The van der Waals surface area contributed by atoms with Crippen molar-refractivity contribution in [1.82, 2.24) is 4.90 Å². The first-order chi connectivity index (χ1) is 16.9. The molecule has 0 atom stereocenters. The Morgan fingerprint density at radius 3 is 2.06 bits per heavy atom. The summed E-state index contributed by atoms with van der Waals surface area (Å²) in [4.78, 5) is 28.1. The van der Waals surface area contributed by atoms with Crippen molar-refractivity contribution in [2.45, 2.75) is 30.6 Å². The highest BCUT2D eigenvalue weighted by Gasteiger charge is 2.22. The Balaban J connectivity index is 1.49. The van der Waals surface area contributed by atoms with Crippen LogP contribution in [-0.2, 0) is 10.0 Å². The molecule has 1 aliphatic heterocycles. The van der Waals surface area contributed by atoms with E-state index in [0.717, 1.165) is 38.8 Å². The smallest absolute Gasteiger partial charge is 0.264 e. The Morgan fingerprint density at radius 1 is 0.800 bits per heavy atom. The van der Waals surface area contributed by atoms with Crippen LogP contribution in [0.25, 0.3) is 0 Å². The molecule has 182 valence electrons. The zero-order valence-electron chi connectivity index (χ0n) is 19.7. The molecule has 0 aliphatic carbocycles. The van der Waals surface area contributed by atoms with Crippen molar-refractivity contribution in [3.8, 4) is 0 Å². The molecule has 1 aliphatic rings. The lowest BCUT2D eigenvalue weighted by molar-refractivity contribution is 0.0762. The third kappa shape index (κ3) is 5.54. The topological polar surface area (TPSA) is 86.8 Å². The third-order valence-electron chi connectivity index (χ3n) is 6.19. The number of benzene rings is 3. The zero-order valence-corrected chi connectivity index (χ0v) is 20.5. The number of hydrogen-bond acceptors (Lipinski definition) is 4. The van der Waals surface area contributed by atoms with Gasteiger partial charge in [-0.15, -0.1) is 0 Å². The lowest BCUT2D eigenvalue weighted by Crippen LogP contribution is -2.32.